The van der Waals surface area contributed by atoms with Crippen LogP contribution in [0.2, 0.25) is 0 Å². The van der Waals surface area contributed by atoms with Gasteiger partial charge in [0.05, 0.1) is 24.9 Å². The van der Waals surface area contributed by atoms with Crippen LogP contribution in [0, 0.1) is 16.9 Å². The maximum absolute atomic E-state index is 13.0. The van der Waals surface area contributed by atoms with E-state index in [0.29, 0.717) is 30.4 Å². The fourth-order valence-electron chi connectivity index (χ4n) is 4.97. The van der Waals surface area contributed by atoms with E-state index in [1.807, 2.05) is 55.5 Å². The van der Waals surface area contributed by atoms with Gasteiger partial charge in [0.15, 0.2) is 0 Å². The summed E-state index contributed by atoms with van der Waals surface area (Å²) in [5, 5.41) is 8.65. The van der Waals surface area contributed by atoms with Crippen molar-refractivity contribution < 1.29 is 42.9 Å². The largest absolute Gasteiger partial charge is 0.465 e. The van der Waals surface area contributed by atoms with Gasteiger partial charge in [0.1, 0.15) is 26.4 Å². The number of nitrogens with zero attached hydrogens (tertiary/aromatic N) is 3. The van der Waals surface area contributed by atoms with Crippen molar-refractivity contribution in [1.82, 2.24) is 0 Å². The monoisotopic (exact) mass is 681 g/mol. The average Bonchev–Trinajstić information content (AvgIpc) is 3.14. The molecule has 12 nitrogen and oxygen atoms in total. The number of aliphatic imine (C=N–C) groups is 2. The molecule has 1 unspecified atom stereocenters. The molecule has 3 rings (SSSR count). The molecule has 3 aromatic rings. The zero-order chi connectivity index (χ0) is 36.0. The Kier molecular flexibility index (Phi) is 16.3. The maximum atomic E-state index is 13.0. The highest BCUT2D eigenvalue weighted by atomic mass is 16.6. The first-order chi connectivity index (χ1) is 24.3. The van der Waals surface area contributed by atoms with E-state index in [1.165, 1.54) is 12.2 Å². The summed E-state index contributed by atoms with van der Waals surface area (Å²) in [4.78, 5) is 67.0. The minimum Gasteiger partial charge on any atom is -0.465 e. The Bertz CT molecular complexity index is 1740. The zero-order valence-electron chi connectivity index (χ0n) is 27.9. The molecule has 0 bridgehead atoms. The number of aryl methyl sites for hydroxylation is 2. The summed E-state index contributed by atoms with van der Waals surface area (Å²) in [5.41, 5.74) is 3.64. The molecule has 0 fully saturated rings. The molecule has 12 heteroatoms. The highest BCUT2D eigenvalue weighted by Gasteiger charge is 2.34. The number of benzene rings is 3. The number of isocyanates is 2. The number of nitriles is 1. The fraction of sp³-hybridized carbons (Fsp3) is 0.368. The lowest BCUT2D eigenvalue weighted by molar-refractivity contribution is -0.162. The second kappa shape index (κ2) is 21.2. The van der Waals surface area contributed by atoms with Crippen LogP contribution in [0.25, 0.3) is 0 Å². The van der Waals surface area contributed by atoms with Crippen LogP contribution in [0.1, 0.15) is 59.6 Å². The lowest BCUT2D eigenvalue weighted by Gasteiger charge is -2.31. The summed E-state index contributed by atoms with van der Waals surface area (Å²) >= 11 is 0. The number of esters is 3. The van der Waals surface area contributed by atoms with Gasteiger partial charge >= 0.3 is 17.9 Å². The Balaban J connectivity index is 1.65. The predicted molar refractivity (Wildman–Crippen MR) is 179 cm³/mol. The van der Waals surface area contributed by atoms with Gasteiger partial charge in [0.2, 0.25) is 12.2 Å². The van der Waals surface area contributed by atoms with Crippen LogP contribution < -0.4 is 0 Å². The van der Waals surface area contributed by atoms with E-state index < -0.39 is 23.3 Å². The first-order valence-corrected chi connectivity index (χ1v) is 16.1. The van der Waals surface area contributed by atoms with Crippen molar-refractivity contribution in [3.63, 3.8) is 0 Å². The van der Waals surface area contributed by atoms with Crippen molar-refractivity contribution in [1.29, 1.82) is 5.26 Å². The van der Waals surface area contributed by atoms with Gasteiger partial charge in [-0.25, -0.2) is 19.6 Å². The van der Waals surface area contributed by atoms with Crippen molar-refractivity contribution in [2.75, 3.05) is 19.8 Å². The van der Waals surface area contributed by atoms with Crippen LogP contribution >= 0.6 is 0 Å². The van der Waals surface area contributed by atoms with Crippen LogP contribution in [0.15, 0.2) is 82.8 Å². The first kappa shape index (κ1) is 38.6. The standard InChI is InChI=1S/C38H39N3O9/c1-2-38(25-50-37(46)19-33-11-3-4-12-34(33)21-41-28-43,23-48-35(44)15-13-29-7-5-9-31(17-29)20-40-27-42)24-49-36(45)16-14-30-8-6-10-32(18-30)22-47-26-39/h3-12,17-18H,2,13-16,19-25H2,1H3. The van der Waals surface area contributed by atoms with Crippen LogP contribution in [-0.2, 0) is 81.9 Å². The van der Waals surface area contributed by atoms with Crippen molar-refractivity contribution in [3.05, 3.63) is 106 Å². The Morgan fingerprint density at radius 3 is 1.78 bits per heavy atom. The Morgan fingerprint density at radius 2 is 1.20 bits per heavy atom. The van der Waals surface area contributed by atoms with Gasteiger partial charge in [-0.15, -0.1) is 0 Å². The molecule has 0 saturated heterocycles. The molecule has 0 aromatic heterocycles. The second-order valence-corrected chi connectivity index (χ2v) is 11.6. The molecular formula is C38H39N3O9. The number of carbonyl (C=O) groups excluding carboxylic acids is 5. The lowest BCUT2D eigenvalue weighted by atomic mass is 9.88. The molecule has 50 heavy (non-hydrogen) atoms. The van der Waals surface area contributed by atoms with E-state index in [9.17, 15) is 24.0 Å². The van der Waals surface area contributed by atoms with Gasteiger partial charge in [0, 0.05) is 12.8 Å². The minimum atomic E-state index is -1.02. The molecule has 0 radical (unpaired) electrons. The Hall–Kier alpha value is -5.88. The molecule has 0 aliphatic heterocycles. The summed E-state index contributed by atoms with van der Waals surface area (Å²) < 4.78 is 21.8. The third kappa shape index (κ3) is 13.7. The fourth-order valence-corrected chi connectivity index (χ4v) is 4.97. The van der Waals surface area contributed by atoms with E-state index in [1.54, 1.807) is 30.5 Å². The van der Waals surface area contributed by atoms with E-state index in [0.717, 1.165) is 22.3 Å². The quantitative estimate of drug-likeness (QED) is 0.0479. The molecular weight excluding hydrogens is 642 g/mol. The van der Waals surface area contributed by atoms with Crippen LogP contribution in [-0.4, -0.2) is 49.9 Å². The number of carbonyl (C=O) groups is 3. The molecule has 1 atom stereocenters. The highest BCUT2D eigenvalue weighted by Crippen LogP contribution is 2.26. The number of rotatable bonds is 21. The summed E-state index contributed by atoms with van der Waals surface area (Å²) in [5.74, 6) is -1.52. The summed E-state index contributed by atoms with van der Waals surface area (Å²) in [7, 11) is 0. The molecule has 0 amide bonds. The van der Waals surface area contributed by atoms with Gasteiger partial charge in [-0.3, -0.25) is 14.4 Å². The number of hydrogen-bond donors (Lipinski definition) is 0. The van der Waals surface area contributed by atoms with Crippen LogP contribution in [0.4, 0.5) is 0 Å². The molecule has 3 aromatic carbocycles. The first-order valence-electron chi connectivity index (χ1n) is 16.1. The van der Waals surface area contributed by atoms with Crippen molar-refractivity contribution in [2.24, 2.45) is 15.4 Å². The summed E-state index contributed by atoms with van der Waals surface area (Å²) in [6.45, 7) is 1.72. The zero-order valence-corrected chi connectivity index (χ0v) is 27.9. The molecule has 260 valence electrons. The van der Waals surface area contributed by atoms with Crippen LogP contribution in [0.5, 0.6) is 0 Å². The third-order valence-corrected chi connectivity index (χ3v) is 7.98. The van der Waals surface area contributed by atoms with Crippen molar-refractivity contribution >= 4 is 30.1 Å². The van der Waals surface area contributed by atoms with Gasteiger partial charge in [-0.05, 0) is 52.6 Å². The van der Waals surface area contributed by atoms with E-state index in [4.69, 9.17) is 24.2 Å². The third-order valence-electron chi connectivity index (χ3n) is 7.98. The summed E-state index contributed by atoms with van der Waals surface area (Å²) in [6.07, 6.45) is 5.82. The lowest BCUT2D eigenvalue weighted by Crippen LogP contribution is -2.39. The van der Waals surface area contributed by atoms with Gasteiger partial charge in [0.25, 0.3) is 6.26 Å². The smallest absolute Gasteiger partial charge is 0.310 e. The molecule has 0 aliphatic rings. The van der Waals surface area contributed by atoms with Crippen molar-refractivity contribution in [2.45, 2.75) is 65.1 Å². The number of hydrogen-bond acceptors (Lipinski definition) is 12. The maximum Gasteiger partial charge on any atom is 0.310 e. The van der Waals surface area contributed by atoms with E-state index in [-0.39, 0.29) is 58.8 Å². The molecule has 0 heterocycles. The van der Waals surface area contributed by atoms with E-state index in [2.05, 4.69) is 9.98 Å². The van der Waals surface area contributed by atoms with E-state index >= 15 is 0 Å². The SMILES string of the molecule is CCC(COC(=O)CCc1cccc(CN=C=O)c1)(COC(=O)CCc1cccc(COC#N)c1)COC(=O)Cc1ccccc1CN=C=O. The normalized spacial score (nSPS) is 11.4. The molecule has 0 spiro atoms. The van der Waals surface area contributed by atoms with Gasteiger partial charge < -0.3 is 18.9 Å². The van der Waals surface area contributed by atoms with Gasteiger partial charge in [-0.2, -0.15) is 5.26 Å². The predicted octanol–water partition coefficient (Wildman–Crippen LogP) is 5.19. The molecule has 0 saturated carbocycles. The molecule has 0 N–H and O–H groups in total. The van der Waals surface area contributed by atoms with Gasteiger partial charge in [-0.1, -0.05) is 79.7 Å². The Labute approximate surface area is 290 Å². The average molecular weight is 682 g/mol. The highest BCUT2D eigenvalue weighted by molar-refractivity contribution is 5.73. The van der Waals surface area contributed by atoms with Crippen LogP contribution in [0.3, 0.4) is 0 Å². The summed E-state index contributed by atoms with van der Waals surface area (Å²) in [6, 6.07) is 21.7. The van der Waals surface area contributed by atoms with Crippen molar-refractivity contribution in [3.8, 4) is 6.26 Å². The minimum absolute atomic E-state index is 0.0678. The molecule has 0 aliphatic carbocycles. The Morgan fingerprint density at radius 1 is 0.680 bits per heavy atom. The topological polar surface area (TPSA) is 171 Å². The second-order valence-electron chi connectivity index (χ2n) is 11.6. The number of ether oxygens (including phenoxy) is 4.